The van der Waals surface area contributed by atoms with E-state index in [0.717, 1.165) is 81.8 Å². The zero-order valence-corrected chi connectivity index (χ0v) is 68.2. The third kappa shape index (κ3) is 24.7. The maximum absolute atomic E-state index is 7.33. The van der Waals surface area contributed by atoms with Gasteiger partial charge in [-0.3, -0.25) is 0 Å². The Hall–Kier alpha value is 2.52. The molecule has 27 heteroatoms. The van der Waals surface area contributed by atoms with Crippen molar-refractivity contribution in [3.63, 3.8) is 0 Å². The molecule has 12 unspecified atom stereocenters. The summed E-state index contributed by atoms with van der Waals surface area (Å²) in [4.78, 5) is 0. The molecule has 4 aliphatic heterocycles. The van der Waals surface area contributed by atoms with Crippen LogP contribution in [0.2, 0.25) is 163 Å². The van der Waals surface area contributed by atoms with Gasteiger partial charge in [0.25, 0.3) is 27.9 Å². The highest BCUT2D eigenvalue weighted by Gasteiger charge is 2.73. The van der Waals surface area contributed by atoms with E-state index in [4.69, 9.17) is 54.7 Å². The Morgan fingerprint density at radius 3 is 1.83 bits per heavy atom. The van der Waals surface area contributed by atoms with Gasteiger partial charge in [-0.1, -0.05) is 84.5 Å². The molecule has 4 heterocycles. The molecule has 0 aromatic carbocycles. The molecule has 4 fully saturated rings. The molecule has 0 amide bonds. The van der Waals surface area contributed by atoms with Crippen LogP contribution in [0.25, 0.3) is 0 Å². The van der Waals surface area contributed by atoms with E-state index >= 15 is 0 Å². The second-order valence-electron chi connectivity index (χ2n) is 27.3. The van der Waals surface area contributed by atoms with Gasteiger partial charge < -0.3 is 54.7 Å². The van der Waals surface area contributed by atoms with E-state index in [1.54, 1.807) is 0 Å². The first-order valence-corrected chi connectivity index (χ1v) is 64.9. The van der Waals surface area contributed by atoms with Crippen molar-refractivity contribution in [2.45, 2.75) is 313 Å². The average Bonchev–Trinajstić information content (AvgIpc) is 3.24. The van der Waals surface area contributed by atoms with Crippen LogP contribution in [0.5, 0.6) is 0 Å². The Bertz CT molecular complexity index is 1660. The first kappa shape index (κ1) is 72.0. The van der Waals surface area contributed by atoms with Crippen LogP contribution in [0.15, 0.2) is 0 Å². The second-order valence-corrected chi connectivity index (χ2v) is 72.1. The molecular formula is C50H120O13Si14. The lowest BCUT2D eigenvalue weighted by Crippen LogP contribution is -2.74. The van der Waals surface area contributed by atoms with Crippen LogP contribution in [0.4, 0.5) is 0 Å². The van der Waals surface area contributed by atoms with Crippen molar-refractivity contribution in [1.82, 2.24) is 0 Å². The van der Waals surface area contributed by atoms with Gasteiger partial charge in [-0.25, -0.2) is 0 Å². The molecule has 2 radical (unpaired) electrons. The first-order chi connectivity index (χ1) is 35.7. The minimum atomic E-state index is -2.50. The Kier molecular flexibility index (Phi) is 30.4. The van der Waals surface area contributed by atoms with E-state index < -0.39 is 123 Å². The maximum Gasteiger partial charge on any atom is 0.378 e. The van der Waals surface area contributed by atoms with E-state index in [1.807, 2.05) is 0 Å². The number of rotatable bonds is 31. The molecule has 4 rings (SSSR count). The Morgan fingerprint density at radius 2 is 1.22 bits per heavy atom. The van der Waals surface area contributed by atoms with Crippen LogP contribution in [-0.4, -0.2) is 148 Å². The van der Waals surface area contributed by atoms with Crippen LogP contribution in [-0.2, 0) is 54.7 Å². The van der Waals surface area contributed by atoms with Crippen LogP contribution >= 0.6 is 0 Å². The zero-order chi connectivity index (χ0) is 57.5. The van der Waals surface area contributed by atoms with Gasteiger partial charge in [-0.05, 0) is 200 Å². The fourth-order valence-corrected chi connectivity index (χ4v) is 72.5. The summed E-state index contributed by atoms with van der Waals surface area (Å²) in [6.07, 6.45) is 18.4. The van der Waals surface area contributed by atoms with Gasteiger partial charge >= 0.3 is 44.3 Å². The van der Waals surface area contributed by atoms with Gasteiger partial charge in [0.05, 0.1) is 0 Å². The summed E-state index contributed by atoms with van der Waals surface area (Å²) in [6, 6.07) is 8.99. The molecule has 4 saturated heterocycles. The molecule has 0 N–H and O–H groups in total. The molecule has 13 nitrogen and oxygen atoms in total. The monoisotopic (exact) mass is 1320 g/mol. The molecule has 12 atom stereocenters. The SMILES string of the molecule is CCCC1([Si](C)(C)O[Si](C)(C)OCCCCCC(C)[Si]2OC(C)C[Si](C)(CCCCCC[Si](C)(C)O[Si](C)(C)O[Si](C)(C)CCCCCC[Si]3OC(C)C[SiH](C)O[SiH](C)O3)O[SiH](C)O2)CC[Si]12OC(C)C[SiH](C)O[SiH](C)O2. The highest BCUT2D eigenvalue weighted by molar-refractivity contribution is 6.99. The molecule has 0 bridgehead atoms. The first-order valence-electron chi connectivity index (χ1n) is 31.2. The fraction of sp³-hybridized carbons (Fsp3) is 1.00. The van der Waals surface area contributed by atoms with Gasteiger partial charge in [0.1, 0.15) is 0 Å². The van der Waals surface area contributed by atoms with Crippen LogP contribution < -0.4 is 0 Å². The summed E-state index contributed by atoms with van der Waals surface area (Å²) in [5.41, 5.74) is 0.421. The zero-order valence-electron chi connectivity index (χ0n) is 53.5. The van der Waals surface area contributed by atoms with Crippen molar-refractivity contribution < 1.29 is 54.7 Å². The molecule has 1 spiro atoms. The van der Waals surface area contributed by atoms with Gasteiger partial charge in [0.2, 0.25) is 0 Å². The largest absolute Gasteiger partial charge is 0.441 e. The molecule has 0 saturated carbocycles. The third-order valence-corrected chi connectivity index (χ3v) is 68.9. The summed E-state index contributed by atoms with van der Waals surface area (Å²) in [5, 5.41) is 0. The van der Waals surface area contributed by atoms with Gasteiger partial charge in [0.15, 0.2) is 51.4 Å². The number of unbranched alkanes of at least 4 members (excludes halogenated alkanes) is 8. The van der Waals surface area contributed by atoms with E-state index in [0.29, 0.717) is 5.54 Å². The molecule has 0 aliphatic carbocycles. The number of hydrogen-bond donors (Lipinski definition) is 0. The standard InChI is InChI=1S/C50H120O13Si14/c1-22-35-50(36-42-77(50)54-47(3)44-65(7)56-67(9)60-77)73(15,16)63-74(17,18)51-37-29-27-28-34-49(5)70-53-48(4)45-76(21,59-68(10)58-70)41-33-26-25-32-40-72(13,14)62-75(19,20)61-71(11,12)39-31-24-23-30-38-69-52-46(2)43-64(6)55-66(8)57-69/h46-49,64-68H,22-45H2,1-21H3. The summed E-state index contributed by atoms with van der Waals surface area (Å²) < 4.78 is 88.5. The second kappa shape index (κ2) is 32.5. The summed E-state index contributed by atoms with van der Waals surface area (Å²) >= 11 is 0. The van der Waals surface area contributed by atoms with E-state index in [-0.39, 0.29) is 23.0 Å². The fourth-order valence-electron chi connectivity index (χ4n) is 13.6. The quantitative estimate of drug-likeness (QED) is 0.0484. The van der Waals surface area contributed by atoms with Crippen LogP contribution in [0.1, 0.15) is 131 Å². The maximum atomic E-state index is 7.33. The third-order valence-electron chi connectivity index (χ3n) is 16.6. The van der Waals surface area contributed by atoms with Gasteiger partial charge in [-0.15, -0.1) is 0 Å². The lowest BCUT2D eigenvalue weighted by Gasteiger charge is -2.63. The van der Waals surface area contributed by atoms with Gasteiger partial charge in [-0.2, -0.15) is 0 Å². The normalized spacial score (nSPS) is 32.7. The van der Waals surface area contributed by atoms with Crippen molar-refractivity contribution in [2.24, 2.45) is 0 Å². The lowest BCUT2D eigenvalue weighted by atomic mass is 10.1. The average molecular weight is 1320 g/mol. The summed E-state index contributed by atoms with van der Waals surface area (Å²) in [6.45, 7) is 49.5. The van der Waals surface area contributed by atoms with E-state index in [1.165, 1.54) is 69.5 Å². The predicted octanol–water partition coefficient (Wildman–Crippen LogP) is 14.2. The summed E-state index contributed by atoms with van der Waals surface area (Å²) in [7, 11) is -25.1. The minimum absolute atomic E-state index is 0.0394. The highest BCUT2D eigenvalue weighted by atomic mass is 28.5. The molecule has 454 valence electrons. The van der Waals surface area contributed by atoms with Crippen molar-refractivity contribution >= 4 is 123 Å². The van der Waals surface area contributed by atoms with Crippen molar-refractivity contribution in [3.8, 4) is 0 Å². The Balaban J connectivity index is 1.09. The molecule has 77 heavy (non-hydrogen) atoms. The highest BCUT2D eigenvalue weighted by Crippen LogP contribution is 2.66. The predicted molar refractivity (Wildman–Crippen MR) is 354 cm³/mol. The molecule has 0 aromatic heterocycles. The van der Waals surface area contributed by atoms with Crippen LogP contribution in [0.3, 0.4) is 0 Å². The lowest BCUT2D eigenvalue weighted by molar-refractivity contribution is 0.120. The van der Waals surface area contributed by atoms with Crippen molar-refractivity contribution in [1.29, 1.82) is 0 Å². The van der Waals surface area contributed by atoms with E-state index in [9.17, 15) is 0 Å². The molecular weight excluding hydrogens is 1200 g/mol. The molecule has 0 aromatic rings. The van der Waals surface area contributed by atoms with Crippen LogP contribution in [0, 0.1) is 0 Å². The molecule has 4 aliphatic rings. The smallest absolute Gasteiger partial charge is 0.378 e. The van der Waals surface area contributed by atoms with E-state index in [2.05, 4.69) is 139 Å². The van der Waals surface area contributed by atoms with Gasteiger partial charge in [0, 0.05) is 35.1 Å². The summed E-state index contributed by atoms with van der Waals surface area (Å²) in [5.74, 6) is 0. The number of hydrogen-bond acceptors (Lipinski definition) is 13. The van der Waals surface area contributed by atoms with Crippen molar-refractivity contribution in [3.05, 3.63) is 0 Å². The minimum Gasteiger partial charge on any atom is -0.441 e. The Labute approximate surface area is 493 Å². The Morgan fingerprint density at radius 1 is 0.636 bits per heavy atom. The topological polar surface area (TPSA) is 120 Å². The van der Waals surface area contributed by atoms with Crippen molar-refractivity contribution in [2.75, 3.05) is 6.61 Å².